The van der Waals surface area contributed by atoms with E-state index in [2.05, 4.69) is 5.32 Å². The lowest BCUT2D eigenvalue weighted by Gasteiger charge is -2.24. The number of halogens is 1. The van der Waals surface area contributed by atoms with Crippen molar-refractivity contribution in [1.29, 1.82) is 0 Å². The first-order valence-electron chi connectivity index (χ1n) is 11.0. The highest BCUT2D eigenvalue weighted by Crippen LogP contribution is 2.25. The Kier molecular flexibility index (Phi) is 7.42. The minimum absolute atomic E-state index is 0.0800. The molecule has 9 heteroatoms. The topological polar surface area (TPSA) is 106 Å². The number of hydrogen-bond acceptors (Lipinski definition) is 6. The first-order chi connectivity index (χ1) is 16.9. The highest BCUT2D eigenvalue weighted by atomic mass is 35.5. The molecule has 0 saturated heterocycles. The summed E-state index contributed by atoms with van der Waals surface area (Å²) in [4.78, 5) is 37.5. The van der Waals surface area contributed by atoms with E-state index in [1.807, 2.05) is 42.5 Å². The van der Waals surface area contributed by atoms with Crippen molar-refractivity contribution >= 4 is 39.9 Å². The number of nitrogens with zero attached hydrogens (tertiary/aromatic N) is 2. The van der Waals surface area contributed by atoms with Crippen LogP contribution in [0.4, 0.5) is 11.4 Å². The van der Waals surface area contributed by atoms with Crippen LogP contribution < -0.4 is 10.9 Å². The summed E-state index contributed by atoms with van der Waals surface area (Å²) < 4.78 is 5.22. The molecule has 1 amide bonds. The zero-order chi connectivity index (χ0) is 24.8. The molecule has 0 unspecified atom stereocenters. The van der Waals surface area contributed by atoms with Crippen LogP contribution in [0.25, 0.3) is 11.0 Å². The molecule has 0 atom stereocenters. The lowest BCUT2D eigenvalue weighted by atomic mass is 10.1. The summed E-state index contributed by atoms with van der Waals surface area (Å²) in [5.74, 6) is -0.395. The minimum Gasteiger partial charge on any atom is -0.423 e. The summed E-state index contributed by atoms with van der Waals surface area (Å²) in [5.41, 5.74) is 1.49. The van der Waals surface area contributed by atoms with Crippen molar-refractivity contribution in [2.75, 3.05) is 18.4 Å². The predicted molar refractivity (Wildman–Crippen MR) is 135 cm³/mol. The Hall–Kier alpha value is -4.17. The number of anilines is 1. The summed E-state index contributed by atoms with van der Waals surface area (Å²) in [6, 6.07) is 21.9. The third-order valence-corrected chi connectivity index (χ3v) is 5.79. The van der Waals surface area contributed by atoms with Gasteiger partial charge in [0.05, 0.1) is 21.2 Å². The maximum atomic E-state index is 13.4. The molecule has 0 aliphatic heterocycles. The number of non-ortho nitro benzene ring substituents is 1. The Morgan fingerprint density at radius 1 is 1.03 bits per heavy atom. The van der Waals surface area contributed by atoms with Crippen LogP contribution in [-0.4, -0.2) is 28.8 Å². The Morgan fingerprint density at radius 2 is 1.77 bits per heavy atom. The van der Waals surface area contributed by atoms with E-state index in [1.165, 1.54) is 24.3 Å². The zero-order valence-electron chi connectivity index (χ0n) is 18.6. The fraction of sp³-hybridized carbons (Fsp3) is 0.154. The minimum atomic E-state index is -0.556. The van der Waals surface area contributed by atoms with Crippen molar-refractivity contribution in [3.8, 4) is 0 Å². The van der Waals surface area contributed by atoms with E-state index in [-0.39, 0.29) is 16.3 Å². The van der Waals surface area contributed by atoms with Gasteiger partial charge in [-0.2, -0.15) is 0 Å². The van der Waals surface area contributed by atoms with E-state index >= 15 is 0 Å². The maximum Gasteiger partial charge on any atom is 0.338 e. The number of nitro groups is 1. The number of para-hydroxylation sites is 1. The molecule has 0 fully saturated rings. The van der Waals surface area contributed by atoms with E-state index in [0.29, 0.717) is 37.3 Å². The lowest BCUT2D eigenvalue weighted by molar-refractivity contribution is -0.384. The largest absolute Gasteiger partial charge is 0.423 e. The van der Waals surface area contributed by atoms with E-state index < -0.39 is 16.5 Å². The molecular formula is C26H22ClN3O5. The number of hydrogen-bond donors (Lipinski definition) is 1. The second-order valence-corrected chi connectivity index (χ2v) is 8.30. The van der Waals surface area contributed by atoms with Gasteiger partial charge in [-0.1, -0.05) is 54.1 Å². The fourth-order valence-electron chi connectivity index (χ4n) is 3.77. The van der Waals surface area contributed by atoms with Crippen LogP contribution in [0.2, 0.25) is 5.02 Å². The molecule has 0 saturated carbocycles. The number of rotatable bonds is 9. The normalized spacial score (nSPS) is 10.8. The third kappa shape index (κ3) is 5.85. The molecule has 1 heterocycles. The molecule has 0 spiro atoms. The highest BCUT2D eigenvalue weighted by molar-refractivity contribution is 6.33. The van der Waals surface area contributed by atoms with Gasteiger partial charge in [0.25, 0.3) is 11.6 Å². The summed E-state index contributed by atoms with van der Waals surface area (Å²) in [5, 5.41) is 15.4. The van der Waals surface area contributed by atoms with Gasteiger partial charge in [0.1, 0.15) is 5.58 Å². The van der Waals surface area contributed by atoms with Gasteiger partial charge in [-0.25, -0.2) is 4.79 Å². The number of nitrogens with one attached hydrogen (secondary N) is 1. The number of nitro benzene ring substituents is 1. The zero-order valence-corrected chi connectivity index (χ0v) is 19.4. The first kappa shape index (κ1) is 24.0. The predicted octanol–water partition coefficient (Wildman–Crippen LogP) is 5.50. The van der Waals surface area contributed by atoms with E-state index in [4.69, 9.17) is 16.0 Å². The monoisotopic (exact) mass is 491 g/mol. The Balaban J connectivity index is 1.51. The molecule has 4 rings (SSSR count). The molecule has 3 aromatic carbocycles. The molecule has 178 valence electrons. The molecule has 0 bridgehead atoms. The van der Waals surface area contributed by atoms with E-state index in [0.717, 1.165) is 10.9 Å². The van der Waals surface area contributed by atoms with Crippen LogP contribution >= 0.6 is 11.6 Å². The molecule has 0 radical (unpaired) electrons. The Morgan fingerprint density at radius 3 is 2.54 bits per heavy atom. The summed E-state index contributed by atoms with van der Waals surface area (Å²) in [6.45, 7) is 1.16. The summed E-state index contributed by atoms with van der Waals surface area (Å²) in [7, 11) is 0. The van der Waals surface area contributed by atoms with Gasteiger partial charge in [-0.3, -0.25) is 14.9 Å². The Bertz CT molecular complexity index is 1420. The second kappa shape index (κ2) is 10.8. The van der Waals surface area contributed by atoms with Gasteiger partial charge in [-0.05, 0) is 30.2 Å². The van der Waals surface area contributed by atoms with Crippen molar-refractivity contribution in [2.45, 2.75) is 13.0 Å². The number of amides is 1. The Labute approximate surface area is 205 Å². The SMILES string of the molecule is O=C(c1cc([N+](=O)[O-])ccc1Cl)N(CCCNc1cc(=O)oc2ccccc12)Cc1ccccc1. The smallest absolute Gasteiger partial charge is 0.338 e. The van der Waals surface area contributed by atoms with Gasteiger partial charge < -0.3 is 14.6 Å². The number of benzene rings is 3. The van der Waals surface area contributed by atoms with E-state index in [9.17, 15) is 19.7 Å². The fourth-order valence-corrected chi connectivity index (χ4v) is 3.97. The molecule has 1 N–H and O–H groups in total. The van der Waals surface area contributed by atoms with Gasteiger partial charge in [0.2, 0.25) is 0 Å². The van der Waals surface area contributed by atoms with Crippen molar-refractivity contribution in [1.82, 2.24) is 4.90 Å². The third-order valence-electron chi connectivity index (χ3n) is 5.46. The van der Waals surface area contributed by atoms with Gasteiger partial charge in [0, 0.05) is 43.2 Å². The average molecular weight is 492 g/mol. The van der Waals surface area contributed by atoms with Crippen molar-refractivity contribution < 1.29 is 14.1 Å². The quantitative estimate of drug-likeness (QED) is 0.143. The van der Waals surface area contributed by atoms with Crippen LogP contribution in [0.15, 0.2) is 88.1 Å². The van der Waals surface area contributed by atoms with Crippen LogP contribution in [0, 0.1) is 10.1 Å². The molecule has 0 aliphatic carbocycles. The second-order valence-electron chi connectivity index (χ2n) is 7.89. The molecular weight excluding hydrogens is 470 g/mol. The van der Waals surface area contributed by atoms with E-state index in [1.54, 1.807) is 17.0 Å². The van der Waals surface area contributed by atoms with Gasteiger partial charge in [0.15, 0.2) is 0 Å². The average Bonchev–Trinajstić information content (AvgIpc) is 2.86. The van der Waals surface area contributed by atoms with Crippen LogP contribution in [-0.2, 0) is 6.54 Å². The first-order valence-corrected chi connectivity index (χ1v) is 11.3. The van der Waals surface area contributed by atoms with Gasteiger partial charge in [-0.15, -0.1) is 0 Å². The number of carbonyl (C=O) groups excluding carboxylic acids is 1. The van der Waals surface area contributed by atoms with Crippen LogP contribution in [0.3, 0.4) is 0 Å². The number of carbonyl (C=O) groups is 1. The van der Waals surface area contributed by atoms with Crippen LogP contribution in [0.1, 0.15) is 22.3 Å². The summed E-state index contributed by atoms with van der Waals surface area (Å²) >= 11 is 6.23. The highest BCUT2D eigenvalue weighted by Gasteiger charge is 2.21. The number of fused-ring (bicyclic) bond motifs is 1. The summed E-state index contributed by atoms with van der Waals surface area (Å²) in [6.07, 6.45) is 0.555. The molecule has 1 aromatic heterocycles. The molecule has 35 heavy (non-hydrogen) atoms. The maximum absolute atomic E-state index is 13.4. The van der Waals surface area contributed by atoms with Gasteiger partial charge >= 0.3 is 5.63 Å². The van der Waals surface area contributed by atoms with Crippen LogP contribution in [0.5, 0.6) is 0 Å². The lowest BCUT2D eigenvalue weighted by Crippen LogP contribution is -2.32. The molecule has 8 nitrogen and oxygen atoms in total. The molecule has 0 aliphatic rings. The van der Waals surface area contributed by atoms with Crippen molar-refractivity contribution in [3.63, 3.8) is 0 Å². The standard InChI is InChI=1S/C26H22ClN3O5/c27-22-12-11-19(30(33)34)15-21(22)26(32)29(17-18-7-2-1-3-8-18)14-6-13-28-23-16-25(31)35-24-10-5-4-9-20(23)24/h1-5,7-12,15-16,28H,6,13-14,17H2. The van der Waals surface area contributed by atoms with Crippen molar-refractivity contribution in [2.24, 2.45) is 0 Å². The van der Waals surface area contributed by atoms with Crippen molar-refractivity contribution in [3.05, 3.63) is 116 Å². The molecule has 4 aromatic rings.